The fourth-order valence-corrected chi connectivity index (χ4v) is 5.39. The molecule has 94 valence electrons. The molecular formula is C11H25NaO3S. The summed E-state index contributed by atoms with van der Waals surface area (Å²) in [4.78, 5) is 11.1. The number of hydrogen-bond donors (Lipinski definition) is 0. The van der Waals surface area contributed by atoms with Gasteiger partial charge in [0.05, 0.1) is 0 Å². The molecule has 0 fully saturated rings. The van der Waals surface area contributed by atoms with E-state index in [1.165, 1.54) is 6.92 Å². The second-order valence-corrected chi connectivity index (χ2v) is 6.98. The van der Waals surface area contributed by atoms with Crippen LogP contribution in [0.5, 0.6) is 0 Å². The van der Waals surface area contributed by atoms with Gasteiger partial charge in [-0.3, -0.25) is 4.79 Å². The van der Waals surface area contributed by atoms with Crippen LogP contribution in [0.25, 0.3) is 0 Å². The van der Waals surface area contributed by atoms with Crippen molar-refractivity contribution in [3.05, 3.63) is 0 Å². The van der Waals surface area contributed by atoms with Gasteiger partial charge in [0, 0.05) is 24.2 Å². The minimum absolute atomic E-state index is 0. The van der Waals surface area contributed by atoms with Gasteiger partial charge in [-0.1, -0.05) is 31.1 Å². The Balaban J connectivity index is -0.000000845. The predicted molar refractivity (Wildman–Crippen MR) is 66.8 cm³/mol. The van der Waals surface area contributed by atoms with Crippen molar-refractivity contribution in [3.8, 4) is 0 Å². The fraction of sp³-hybridized carbons (Fsp3) is 0.909. The first-order valence-corrected chi connectivity index (χ1v) is 7.63. The largest absolute Gasteiger partial charge is 1.00 e. The van der Waals surface area contributed by atoms with Crippen molar-refractivity contribution >= 4 is 16.3 Å². The van der Waals surface area contributed by atoms with E-state index >= 15 is 0 Å². The van der Waals surface area contributed by atoms with Crippen molar-refractivity contribution < 1.29 is 44.0 Å². The van der Waals surface area contributed by atoms with Crippen LogP contribution in [0.2, 0.25) is 0 Å². The van der Waals surface area contributed by atoms with Crippen molar-refractivity contribution in [2.24, 2.45) is 0 Å². The molecule has 0 radical (unpaired) electrons. The molecule has 0 spiro atoms. The van der Waals surface area contributed by atoms with E-state index in [-0.39, 0.29) is 41.0 Å². The molecule has 0 atom stereocenters. The topological polar surface area (TPSA) is 56.3 Å². The van der Waals surface area contributed by atoms with E-state index in [2.05, 4.69) is 20.8 Å². The van der Waals surface area contributed by atoms with Crippen LogP contribution in [0.1, 0.15) is 47.0 Å². The summed E-state index contributed by atoms with van der Waals surface area (Å²) in [6.07, 6.45) is 3.34. The average molecular weight is 260 g/mol. The van der Waals surface area contributed by atoms with Gasteiger partial charge in [0.2, 0.25) is 0 Å². The second kappa shape index (κ2) is 12.2. The van der Waals surface area contributed by atoms with Crippen molar-refractivity contribution in [2.45, 2.75) is 47.0 Å². The zero-order chi connectivity index (χ0) is 11.0. The Bertz CT molecular complexity index is 160. The summed E-state index contributed by atoms with van der Waals surface area (Å²) >= 11 is 0. The Labute approximate surface area is 124 Å². The van der Waals surface area contributed by atoms with Gasteiger partial charge in [0.25, 0.3) is 0 Å². The molecule has 0 aromatic heterocycles. The third-order valence-electron chi connectivity index (χ3n) is 2.02. The molecule has 0 rings (SSSR count). The molecule has 3 nitrogen and oxygen atoms in total. The molecule has 0 bridgehead atoms. The standard InChI is InChI=1S/C11H24O2S.Na.H2O/c1-5-8-14(9-6-2,10-7-3)13-11(4)12;;/h5-10H2,1-4H3;;1H2/q;+1;/p-1. The maximum absolute atomic E-state index is 11.1. The summed E-state index contributed by atoms with van der Waals surface area (Å²) in [6, 6.07) is 0. The van der Waals surface area contributed by atoms with E-state index in [0.717, 1.165) is 36.5 Å². The van der Waals surface area contributed by atoms with Gasteiger partial charge in [-0.2, -0.15) is 0 Å². The molecule has 0 aliphatic heterocycles. The van der Waals surface area contributed by atoms with Crippen LogP contribution >= 0.6 is 10.3 Å². The first kappa shape index (κ1) is 22.0. The normalized spacial score (nSPS) is 11.0. The van der Waals surface area contributed by atoms with Crippen molar-refractivity contribution in [1.82, 2.24) is 0 Å². The van der Waals surface area contributed by atoms with Crippen LogP contribution in [0, 0.1) is 0 Å². The molecule has 0 aromatic rings. The molecule has 0 aliphatic carbocycles. The molecule has 0 unspecified atom stereocenters. The van der Waals surface area contributed by atoms with Gasteiger partial charge < -0.3 is 9.66 Å². The first-order valence-electron chi connectivity index (χ1n) is 5.56. The van der Waals surface area contributed by atoms with Crippen molar-refractivity contribution in [1.29, 1.82) is 0 Å². The third kappa shape index (κ3) is 8.88. The molecule has 5 heteroatoms. The van der Waals surface area contributed by atoms with E-state index in [0.29, 0.717) is 0 Å². The Kier molecular flexibility index (Phi) is 16.8. The van der Waals surface area contributed by atoms with Gasteiger partial charge >= 0.3 is 35.5 Å². The van der Waals surface area contributed by atoms with E-state index in [4.69, 9.17) is 4.18 Å². The van der Waals surface area contributed by atoms with Gasteiger partial charge in [0.15, 0.2) is 0 Å². The van der Waals surface area contributed by atoms with E-state index < -0.39 is 10.3 Å². The van der Waals surface area contributed by atoms with Gasteiger partial charge in [-0.05, 0) is 19.3 Å². The van der Waals surface area contributed by atoms with Gasteiger partial charge in [-0.15, -0.1) is 0 Å². The monoisotopic (exact) mass is 260 g/mol. The second-order valence-electron chi connectivity index (χ2n) is 3.65. The summed E-state index contributed by atoms with van der Waals surface area (Å²) < 4.78 is 5.60. The van der Waals surface area contributed by atoms with Crippen LogP contribution in [0.4, 0.5) is 0 Å². The number of rotatable bonds is 7. The quantitative estimate of drug-likeness (QED) is 0.620. The van der Waals surface area contributed by atoms with Crippen molar-refractivity contribution in [3.63, 3.8) is 0 Å². The molecule has 0 heterocycles. The van der Waals surface area contributed by atoms with Crippen LogP contribution in [0.15, 0.2) is 0 Å². The maximum atomic E-state index is 11.1. The minimum atomic E-state index is -1.10. The zero-order valence-electron chi connectivity index (χ0n) is 11.4. The maximum Gasteiger partial charge on any atom is 1.00 e. The predicted octanol–water partition coefficient (Wildman–Crippen LogP) is 0.326. The van der Waals surface area contributed by atoms with Crippen LogP contribution in [0.3, 0.4) is 0 Å². The Morgan fingerprint density at radius 2 is 1.31 bits per heavy atom. The average Bonchev–Trinajstić information content (AvgIpc) is 2.03. The molecular weight excluding hydrogens is 235 g/mol. The smallest absolute Gasteiger partial charge is 0.870 e. The summed E-state index contributed by atoms with van der Waals surface area (Å²) in [7, 11) is -1.10. The molecule has 0 aromatic carbocycles. The van der Waals surface area contributed by atoms with E-state index in [9.17, 15) is 4.79 Å². The number of hydrogen-bond acceptors (Lipinski definition) is 3. The molecule has 0 saturated carbocycles. The summed E-state index contributed by atoms with van der Waals surface area (Å²) in [5.41, 5.74) is 0. The number of carbonyl (C=O) groups excluding carboxylic acids is 1. The van der Waals surface area contributed by atoms with E-state index in [1.54, 1.807) is 0 Å². The summed E-state index contributed by atoms with van der Waals surface area (Å²) in [5, 5.41) is 0. The van der Waals surface area contributed by atoms with Gasteiger partial charge in [-0.25, -0.2) is 0 Å². The minimum Gasteiger partial charge on any atom is -0.870 e. The SMILES string of the molecule is CCCS(CCC)(CCC)OC(C)=O.[Na+].[OH-]. The Hall–Kier alpha value is 0.780. The molecule has 0 saturated heterocycles. The van der Waals surface area contributed by atoms with E-state index in [1.807, 2.05) is 0 Å². The van der Waals surface area contributed by atoms with Crippen LogP contribution < -0.4 is 29.6 Å². The Morgan fingerprint density at radius 3 is 1.50 bits per heavy atom. The third-order valence-corrected chi connectivity index (χ3v) is 6.07. The van der Waals surface area contributed by atoms with Crippen LogP contribution in [-0.4, -0.2) is 28.7 Å². The molecule has 16 heavy (non-hydrogen) atoms. The molecule has 0 amide bonds. The van der Waals surface area contributed by atoms with Crippen molar-refractivity contribution in [2.75, 3.05) is 17.3 Å². The molecule has 0 aliphatic rings. The van der Waals surface area contributed by atoms with Gasteiger partial charge in [0.1, 0.15) is 0 Å². The summed E-state index contributed by atoms with van der Waals surface area (Å²) in [5.74, 6) is 3.13. The fourth-order valence-electron chi connectivity index (χ4n) is 1.80. The summed E-state index contributed by atoms with van der Waals surface area (Å²) in [6.45, 7) is 8.02. The van der Waals surface area contributed by atoms with Crippen LogP contribution in [-0.2, 0) is 8.98 Å². The Morgan fingerprint density at radius 1 is 1.00 bits per heavy atom. The molecule has 1 N–H and O–H groups in total. The zero-order valence-corrected chi connectivity index (χ0v) is 14.2. The first-order chi connectivity index (χ1) is 6.60. The number of carbonyl (C=O) groups is 1.